The van der Waals surface area contributed by atoms with E-state index >= 15 is 0 Å². The molecule has 1 atom stereocenters. The third-order valence-electron chi connectivity index (χ3n) is 4.28. The van der Waals surface area contributed by atoms with Crippen LogP contribution in [0.5, 0.6) is 0 Å². The minimum Gasteiger partial charge on any atom is -0.379 e. The van der Waals surface area contributed by atoms with Crippen molar-refractivity contribution in [2.45, 2.75) is 32.4 Å². The minimum absolute atomic E-state index is 0.105. The van der Waals surface area contributed by atoms with Gasteiger partial charge in [-0.2, -0.15) is 0 Å². The quantitative estimate of drug-likeness (QED) is 0.858. The summed E-state index contributed by atoms with van der Waals surface area (Å²) in [5.74, 6) is -0.134. The van der Waals surface area contributed by atoms with Crippen LogP contribution in [-0.4, -0.2) is 49.2 Å². The Labute approximate surface area is 132 Å². The number of rotatable bonds is 5. The molecule has 0 radical (unpaired) electrons. The minimum atomic E-state index is -0.624. The molecular weight excluding hydrogens is 278 g/mol. The van der Waals surface area contributed by atoms with Crippen molar-refractivity contribution in [1.29, 1.82) is 0 Å². The Hall–Kier alpha value is -1.43. The molecule has 1 heterocycles. The Kier molecular flexibility index (Phi) is 5.56. The van der Waals surface area contributed by atoms with Gasteiger partial charge in [-0.05, 0) is 26.3 Å². The fourth-order valence-electron chi connectivity index (χ4n) is 2.62. The summed E-state index contributed by atoms with van der Waals surface area (Å²) in [4.78, 5) is 14.6. The van der Waals surface area contributed by atoms with E-state index < -0.39 is 6.04 Å². The topological polar surface area (TPSA) is 67.6 Å². The summed E-state index contributed by atoms with van der Waals surface area (Å²) in [7, 11) is 0. The van der Waals surface area contributed by atoms with E-state index in [4.69, 9.17) is 10.5 Å². The fourth-order valence-corrected chi connectivity index (χ4v) is 2.62. The molecule has 2 rings (SSSR count). The average molecular weight is 305 g/mol. The van der Waals surface area contributed by atoms with Gasteiger partial charge in [-0.1, -0.05) is 29.8 Å². The number of carbonyl (C=O) groups excluding carboxylic acids is 1. The van der Waals surface area contributed by atoms with E-state index in [0.29, 0.717) is 6.54 Å². The Bertz CT molecular complexity index is 493. The predicted octanol–water partition coefficient (Wildman–Crippen LogP) is 1.22. The summed E-state index contributed by atoms with van der Waals surface area (Å²) in [6.45, 7) is 10.2. The van der Waals surface area contributed by atoms with Crippen LogP contribution in [0, 0.1) is 6.92 Å². The number of ether oxygens (including phenoxy) is 1. The SMILES string of the molecule is Cc1ccc(C(N)C(=O)NCC(C)(C)N2CCOCC2)cc1. The van der Waals surface area contributed by atoms with Crippen molar-refractivity contribution >= 4 is 5.91 Å². The van der Waals surface area contributed by atoms with E-state index in [1.165, 1.54) is 0 Å². The van der Waals surface area contributed by atoms with Crippen molar-refractivity contribution in [2.24, 2.45) is 5.73 Å². The van der Waals surface area contributed by atoms with E-state index in [9.17, 15) is 4.79 Å². The molecule has 1 saturated heterocycles. The first-order chi connectivity index (χ1) is 10.4. The van der Waals surface area contributed by atoms with Crippen LogP contribution in [-0.2, 0) is 9.53 Å². The van der Waals surface area contributed by atoms with Crippen LogP contribution in [0.2, 0.25) is 0 Å². The molecule has 5 heteroatoms. The number of aryl methyl sites for hydroxylation is 1. The number of benzene rings is 1. The molecule has 1 aromatic rings. The summed E-state index contributed by atoms with van der Waals surface area (Å²) in [6.07, 6.45) is 0. The van der Waals surface area contributed by atoms with Gasteiger partial charge in [0.05, 0.1) is 13.2 Å². The van der Waals surface area contributed by atoms with Crippen LogP contribution in [0.15, 0.2) is 24.3 Å². The highest BCUT2D eigenvalue weighted by Crippen LogP contribution is 2.16. The lowest BCUT2D eigenvalue weighted by molar-refractivity contribution is -0.123. The van der Waals surface area contributed by atoms with Gasteiger partial charge in [0.15, 0.2) is 0 Å². The van der Waals surface area contributed by atoms with E-state index in [1.807, 2.05) is 31.2 Å². The lowest BCUT2D eigenvalue weighted by atomic mass is 10.0. The van der Waals surface area contributed by atoms with Crippen LogP contribution in [0.25, 0.3) is 0 Å². The fraction of sp³-hybridized carbons (Fsp3) is 0.588. The third-order valence-corrected chi connectivity index (χ3v) is 4.28. The molecule has 0 aromatic heterocycles. The maximum atomic E-state index is 12.3. The van der Waals surface area contributed by atoms with Crippen LogP contribution in [0.3, 0.4) is 0 Å². The lowest BCUT2D eigenvalue weighted by Crippen LogP contribution is -2.56. The number of hydrogen-bond acceptors (Lipinski definition) is 4. The average Bonchev–Trinajstić information content (AvgIpc) is 2.53. The van der Waals surface area contributed by atoms with Crippen molar-refractivity contribution in [3.05, 3.63) is 35.4 Å². The van der Waals surface area contributed by atoms with E-state index in [0.717, 1.165) is 37.4 Å². The largest absolute Gasteiger partial charge is 0.379 e. The standard InChI is InChI=1S/C17H27N3O2/c1-13-4-6-14(7-5-13)15(18)16(21)19-12-17(2,3)20-8-10-22-11-9-20/h4-7,15H,8-12,18H2,1-3H3,(H,19,21). The number of nitrogens with one attached hydrogen (secondary N) is 1. The van der Waals surface area contributed by atoms with E-state index in [2.05, 4.69) is 24.1 Å². The summed E-state index contributed by atoms with van der Waals surface area (Å²) < 4.78 is 5.38. The van der Waals surface area contributed by atoms with Crippen molar-refractivity contribution < 1.29 is 9.53 Å². The summed E-state index contributed by atoms with van der Waals surface area (Å²) in [5.41, 5.74) is 7.94. The first-order valence-electron chi connectivity index (χ1n) is 7.83. The van der Waals surface area contributed by atoms with Gasteiger partial charge in [-0.3, -0.25) is 9.69 Å². The first-order valence-corrected chi connectivity index (χ1v) is 7.83. The van der Waals surface area contributed by atoms with Crippen LogP contribution in [0.4, 0.5) is 0 Å². The molecule has 1 unspecified atom stereocenters. The molecule has 22 heavy (non-hydrogen) atoms. The maximum absolute atomic E-state index is 12.3. The van der Waals surface area contributed by atoms with Gasteiger partial charge in [-0.25, -0.2) is 0 Å². The molecule has 1 aliphatic heterocycles. The normalized spacial score (nSPS) is 18.0. The van der Waals surface area contributed by atoms with Crippen molar-refractivity contribution in [1.82, 2.24) is 10.2 Å². The van der Waals surface area contributed by atoms with Gasteiger partial charge >= 0.3 is 0 Å². The second kappa shape index (κ2) is 7.22. The van der Waals surface area contributed by atoms with Gasteiger partial charge in [0.1, 0.15) is 6.04 Å². The molecular formula is C17H27N3O2. The maximum Gasteiger partial charge on any atom is 0.241 e. The van der Waals surface area contributed by atoms with Crippen LogP contribution >= 0.6 is 0 Å². The molecule has 0 saturated carbocycles. The summed E-state index contributed by atoms with van der Waals surface area (Å²) in [5, 5.41) is 2.99. The van der Waals surface area contributed by atoms with Crippen LogP contribution in [0.1, 0.15) is 31.0 Å². The predicted molar refractivity (Wildman–Crippen MR) is 87.6 cm³/mol. The number of nitrogens with two attached hydrogens (primary N) is 1. The van der Waals surface area contributed by atoms with Crippen molar-refractivity contribution in [3.8, 4) is 0 Å². The first kappa shape index (κ1) is 16.9. The molecule has 1 aliphatic rings. The molecule has 0 bridgehead atoms. The zero-order valence-electron chi connectivity index (χ0n) is 13.8. The number of carbonyl (C=O) groups is 1. The molecule has 0 spiro atoms. The Balaban J connectivity index is 1.89. The van der Waals surface area contributed by atoms with Crippen molar-refractivity contribution in [3.63, 3.8) is 0 Å². The summed E-state index contributed by atoms with van der Waals surface area (Å²) in [6, 6.07) is 7.14. The zero-order valence-corrected chi connectivity index (χ0v) is 13.8. The molecule has 1 fully saturated rings. The van der Waals surface area contributed by atoms with Gasteiger partial charge < -0.3 is 15.8 Å². The smallest absolute Gasteiger partial charge is 0.241 e. The molecule has 1 aromatic carbocycles. The number of nitrogens with zero attached hydrogens (tertiary/aromatic N) is 1. The Morgan fingerprint density at radius 2 is 1.91 bits per heavy atom. The van der Waals surface area contributed by atoms with Crippen LogP contribution < -0.4 is 11.1 Å². The molecule has 122 valence electrons. The monoisotopic (exact) mass is 305 g/mol. The second-order valence-electron chi connectivity index (χ2n) is 6.52. The third kappa shape index (κ3) is 4.29. The highest BCUT2D eigenvalue weighted by Gasteiger charge is 2.29. The van der Waals surface area contributed by atoms with E-state index in [1.54, 1.807) is 0 Å². The highest BCUT2D eigenvalue weighted by molar-refractivity contribution is 5.83. The Morgan fingerprint density at radius 3 is 2.50 bits per heavy atom. The number of hydrogen-bond donors (Lipinski definition) is 2. The Morgan fingerprint density at radius 1 is 1.32 bits per heavy atom. The van der Waals surface area contributed by atoms with E-state index in [-0.39, 0.29) is 11.4 Å². The van der Waals surface area contributed by atoms with Gasteiger partial charge in [-0.15, -0.1) is 0 Å². The van der Waals surface area contributed by atoms with Gasteiger partial charge in [0.2, 0.25) is 5.91 Å². The molecule has 0 aliphatic carbocycles. The highest BCUT2D eigenvalue weighted by atomic mass is 16.5. The summed E-state index contributed by atoms with van der Waals surface area (Å²) >= 11 is 0. The molecule has 1 amide bonds. The lowest BCUT2D eigenvalue weighted by Gasteiger charge is -2.41. The number of morpholine rings is 1. The number of amides is 1. The second-order valence-corrected chi connectivity index (χ2v) is 6.52. The zero-order chi connectivity index (χ0) is 16.2. The van der Waals surface area contributed by atoms with Gasteiger partial charge in [0, 0.05) is 25.2 Å². The molecule has 5 nitrogen and oxygen atoms in total. The van der Waals surface area contributed by atoms with Gasteiger partial charge in [0.25, 0.3) is 0 Å². The van der Waals surface area contributed by atoms with Crippen molar-refractivity contribution in [2.75, 3.05) is 32.8 Å². The molecule has 3 N–H and O–H groups in total.